The van der Waals surface area contributed by atoms with Crippen molar-refractivity contribution in [2.24, 2.45) is 5.92 Å². The zero-order chi connectivity index (χ0) is 19.8. The molecule has 1 unspecified atom stereocenters. The molecule has 144 valence electrons. The Bertz CT molecular complexity index is 774. The van der Waals surface area contributed by atoms with Crippen LogP contribution >= 0.6 is 0 Å². The number of hydrogen-bond acceptors (Lipinski definition) is 4. The molecule has 0 radical (unpaired) electrons. The van der Waals surface area contributed by atoms with Gasteiger partial charge in [0.05, 0.1) is 18.7 Å². The average Bonchev–Trinajstić information content (AvgIpc) is 3.15. The summed E-state index contributed by atoms with van der Waals surface area (Å²) in [7, 11) is 1.52. The molecule has 0 spiro atoms. The molecule has 27 heavy (non-hydrogen) atoms. The largest absolute Gasteiger partial charge is 0.481 e. The highest BCUT2D eigenvalue weighted by Gasteiger charge is 2.17. The number of benzene rings is 1. The van der Waals surface area contributed by atoms with E-state index in [9.17, 15) is 14.4 Å². The SMILES string of the molecule is CC(CN(C)C(=O)Nc1ccc(NC(=O)NCc2ccco2)cc1)C(=O)O. The van der Waals surface area contributed by atoms with Crippen LogP contribution in [0.3, 0.4) is 0 Å². The maximum atomic E-state index is 12.1. The number of nitrogens with zero attached hydrogens (tertiary/aromatic N) is 1. The van der Waals surface area contributed by atoms with Gasteiger partial charge in [0.1, 0.15) is 5.76 Å². The van der Waals surface area contributed by atoms with Gasteiger partial charge in [0.2, 0.25) is 0 Å². The van der Waals surface area contributed by atoms with Gasteiger partial charge >= 0.3 is 18.0 Å². The molecular weight excluding hydrogens is 352 g/mol. The van der Waals surface area contributed by atoms with Crippen molar-refractivity contribution in [2.75, 3.05) is 24.2 Å². The molecule has 0 saturated carbocycles. The number of rotatable bonds is 7. The maximum Gasteiger partial charge on any atom is 0.321 e. The number of urea groups is 2. The van der Waals surface area contributed by atoms with Gasteiger partial charge in [-0.15, -0.1) is 0 Å². The number of aliphatic carboxylic acids is 1. The number of amides is 4. The van der Waals surface area contributed by atoms with Crippen LogP contribution in [-0.2, 0) is 11.3 Å². The van der Waals surface area contributed by atoms with E-state index >= 15 is 0 Å². The molecule has 4 N–H and O–H groups in total. The highest BCUT2D eigenvalue weighted by molar-refractivity contribution is 5.91. The maximum absolute atomic E-state index is 12.1. The first-order valence-corrected chi connectivity index (χ1v) is 8.27. The number of furan rings is 1. The smallest absolute Gasteiger partial charge is 0.321 e. The van der Waals surface area contributed by atoms with E-state index < -0.39 is 17.9 Å². The van der Waals surface area contributed by atoms with Crippen LogP contribution in [0.2, 0.25) is 0 Å². The third-order valence-corrected chi connectivity index (χ3v) is 3.71. The minimum Gasteiger partial charge on any atom is -0.481 e. The molecule has 0 aliphatic carbocycles. The summed E-state index contributed by atoms with van der Waals surface area (Å²) in [5, 5.41) is 16.9. The Labute approximate surface area is 156 Å². The molecule has 1 aromatic carbocycles. The molecular formula is C18H22N4O5. The van der Waals surface area contributed by atoms with Crippen LogP contribution in [0.5, 0.6) is 0 Å². The second kappa shape index (κ2) is 9.27. The molecule has 0 aliphatic heterocycles. The fourth-order valence-corrected chi connectivity index (χ4v) is 2.18. The number of hydrogen-bond donors (Lipinski definition) is 4. The van der Waals surface area contributed by atoms with Gasteiger partial charge < -0.3 is 30.4 Å². The van der Waals surface area contributed by atoms with Crippen molar-refractivity contribution in [2.45, 2.75) is 13.5 Å². The number of carboxylic acid groups (broad SMARTS) is 1. The second-order valence-corrected chi connectivity index (χ2v) is 6.01. The van der Waals surface area contributed by atoms with E-state index in [0.717, 1.165) is 0 Å². The lowest BCUT2D eigenvalue weighted by molar-refractivity contribution is -0.141. The van der Waals surface area contributed by atoms with E-state index in [1.54, 1.807) is 36.4 Å². The molecule has 9 heteroatoms. The minimum atomic E-state index is -0.963. The second-order valence-electron chi connectivity index (χ2n) is 6.01. The van der Waals surface area contributed by atoms with E-state index in [1.807, 2.05) is 0 Å². The highest BCUT2D eigenvalue weighted by Crippen LogP contribution is 2.14. The summed E-state index contributed by atoms with van der Waals surface area (Å²) >= 11 is 0. The lowest BCUT2D eigenvalue weighted by Gasteiger charge is -2.20. The van der Waals surface area contributed by atoms with Crippen LogP contribution in [0.4, 0.5) is 21.0 Å². The van der Waals surface area contributed by atoms with Gasteiger partial charge in [0.15, 0.2) is 0 Å². The van der Waals surface area contributed by atoms with Crippen molar-refractivity contribution in [3.8, 4) is 0 Å². The van der Waals surface area contributed by atoms with Crippen LogP contribution in [0.25, 0.3) is 0 Å². The molecule has 1 heterocycles. The van der Waals surface area contributed by atoms with E-state index in [0.29, 0.717) is 17.1 Å². The predicted molar refractivity (Wildman–Crippen MR) is 99.5 cm³/mol. The molecule has 0 fully saturated rings. The summed E-state index contributed by atoms with van der Waals surface area (Å²) < 4.78 is 5.12. The molecule has 0 bridgehead atoms. The Morgan fingerprint density at radius 2 is 1.74 bits per heavy atom. The zero-order valence-corrected chi connectivity index (χ0v) is 15.1. The normalized spacial score (nSPS) is 11.3. The third-order valence-electron chi connectivity index (χ3n) is 3.71. The van der Waals surface area contributed by atoms with Gasteiger partial charge in [-0.05, 0) is 36.4 Å². The summed E-state index contributed by atoms with van der Waals surface area (Å²) in [5.74, 6) is -0.980. The molecule has 2 aromatic rings. The topological polar surface area (TPSA) is 124 Å². The van der Waals surface area contributed by atoms with Crippen molar-refractivity contribution < 1.29 is 23.9 Å². The van der Waals surface area contributed by atoms with Gasteiger partial charge in [-0.3, -0.25) is 4.79 Å². The number of carbonyl (C=O) groups is 3. The van der Waals surface area contributed by atoms with Gasteiger partial charge in [0.25, 0.3) is 0 Å². The number of anilines is 2. The lowest BCUT2D eigenvalue weighted by Crippen LogP contribution is -2.36. The predicted octanol–water partition coefficient (Wildman–Crippen LogP) is 2.79. The first-order chi connectivity index (χ1) is 12.8. The molecule has 0 saturated heterocycles. The molecule has 1 atom stereocenters. The summed E-state index contributed by atoms with van der Waals surface area (Å²) in [6, 6.07) is 9.24. The summed E-state index contributed by atoms with van der Waals surface area (Å²) in [4.78, 5) is 36.0. The lowest BCUT2D eigenvalue weighted by atomic mass is 10.2. The van der Waals surface area contributed by atoms with Crippen molar-refractivity contribution in [1.29, 1.82) is 0 Å². The summed E-state index contributed by atoms with van der Waals surface area (Å²) in [6.07, 6.45) is 1.53. The summed E-state index contributed by atoms with van der Waals surface area (Å²) in [6.45, 7) is 1.90. The fraction of sp³-hybridized carbons (Fsp3) is 0.278. The Morgan fingerprint density at radius 3 is 2.30 bits per heavy atom. The quantitative estimate of drug-likeness (QED) is 0.593. The van der Waals surface area contributed by atoms with Crippen molar-refractivity contribution in [3.05, 3.63) is 48.4 Å². The Hall–Kier alpha value is -3.49. The Balaban J connectivity index is 1.81. The first kappa shape index (κ1) is 19.8. The fourth-order valence-electron chi connectivity index (χ4n) is 2.18. The van der Waals surface area contributed by atoms with Gasteiger partial charge in [-0.2, -0.15) is 0 Å². The molecule has 2 rings (SSSR count). The van der Waals surface area contributed by atoms with Gasteiger partial charge in [-0.25, -0.2) is 9.59 Å². The molecule has 0 aliphatic rings. The van der Waals surface area contributed by atoms with Crippen LogP contribution in [0, 0.1) is 5.92 Å². The van der Waals surface area contributed by atoms with Crippen LogP contribution < -0.4 is 16.0 Å². The van der Waals surface area contributed by atoms with E-state index in [2.05, 4.69) is 16.0 Å². The van der Waals surface area contributed by atoms with Crippen LogP contribution in [0.1, 0.15) is 12.7 Å². The van der Waals surface area contributed by atoms with E-state index in [4.69, 9.17) is 9.52 Å². The molecule has 1 aromatic heterocycles. The van der Waals surface area contributed by atoms with E-state index in [-0.39, 0.29) is 19.1 Å². The Morgan fingerprint density at radius 1 is 1.11 bits per heavy atom. The standard InChI is InChI=1S/C18H22N4O5/c1-12(16(23)24)11-22(2)18(26)21-14-7-5-13(6-8-14)20-17(25)19-10-15-4-3-9-27-15/h3-9,12H,10-11H2,1-2H3,(H,21,26)(H,23,24)(H2,19,20,25). The Kier molecular flexibility index (Phi) is 6.81. The first-order valence-electron chi connectivity index (χ1n) is 8.27. The van der Waals surface area contributed by atoms with Crippen molar-refractivity contribution in [1.82, 2.24) is 10.2 Å². The monoisotopic (exact) mass is 374 g/mol. The van der Waals surface area contributed by atoms with Crippen LogP contribution in [-0.4, -0.2) is 41.6 Å². The number of carbonyl (C=O) groups excluding carboxylic acids is 2. The minimum absolute atomic E-state index is 0.0939. The van der Waals surface area contributed by atoms with Gasteiger partial charge in [0, 0.05) is 25.0 Å². The molecule has 9 nitrogen and oxygen atoms in total. The van der Waals surface area contributed by atoms with Crippen molar-refractivity contribution in [3.63, 3.8) is 0 Å². The van der Waals surface area contributed by atoms with Gasteiger partial charge in [-0.1, -0.05) is 6.92 Å². The zero-order valence-electron chi connectivity index (χ0n) is 15.1. The average molecular weight is 374 g/mol. The molecule has 4 amide bonds. The van der Waals surface area contributed by atoms with Crippen molar-refractivity contribution >= 4 is 29.4 Å². The van der Waals surface area contributed by atoms with E-state index in [1.165, 1.54) is 25.1 Å². The van der Waals surface area contributed by atoms with Crippen LogP contribution in [0.15, 0.2) is 47.1 Å². The third kappa shape index (κ3) is 6.38. The number of nitrogens with one attached hydrogen (secondary N) is 3. The summed E-state index contributed by atoms with van der Waals surface area (Å²) in [5.41, 5.74) is 1.08. The highest BCUT2D eigenvalue weighted by atomic mass is 16.4. The number of carboxylic acids is 1.